The van der Waals surface area contributed by atoms with Gasteiger partial charge in [0.05, 0.1) is 12.7 Å². The van der Waals surface area contributed by atoms with E-state index in [0.717, 1.165) is 36.7 Å². The fourth-order valence-corrected chi connectivity index (χ4v) is 9.51. The summed E-state index contributed by atoms with van der Waals surface area (Å²) in [6.07, 6.45) is 15.8. The molecule has 0 amide bonds. The van der Waals surface area contributed by atoms with Crippen molar-refractivity contribution in [1.82, 2.24) is 0 Å². The summed E-state index contributed by atoms with van der Waals surface area (Å²) in [5, 5.41) is 20.1. The van der Waals surface area contributed by atoms with Gasteiger partial charge in [0.25, 0.3) is 0 Å². The second kappa shape index (κ2) is 8.26. The molecule has 0 aromatic rings. The fraction of sp³-hybridized carbons (Fsp3) is 0.867. The first-order valence-electron chi connectivity index (χ1n) is 13.6. The van der Waals surface area contributed by atoms with Crippen molar-refractivity contribution in [2.75, 3.05) is 6.61 Å². The van der Waals surface area contributed by atoms with Gasteiger partial charge in [0.15, 0.2) is 0 Å². The molecule has 32 heavy (non-hydrogen) atoms. The van der Waals surface area contributed by atoms with Crippen LogP contribution in [0.2, 0.25) is 0 Å². The predicted molar refractivity (Wildman–Crippen MR) is 134 cm³/mol. The van der Waals surface area contributed by atoms with Crippen LogP contribution in [0.25, 0.3) is 0 Å². The lowest BCUT2D eigenvalue weighted by atomic mass is 9.41. The normalized spacial score (nSPS) is 46.7. The third-order valence-electron chi connectivity index (χ3n) is 11.9. The molecule has 0 aromatic carbocycles. The van der Waals surface area contributed by atoms with Gasteiger partial charge in [-0.25, -0.2) is 0 Å². The van der Waals surface area contributed by atoms with E-state index in [9.17, 15) is 10.2 Å². The van der Waals surface area contributed by atoms with Crippen molar-refractivity contribution >= 4 is 0 Å². The van der Waals surface area contributed by atoms with E-state index in [4.69, 9.17) is 0 Å². The maximum atomic E-state index is 10.8. The highest BCUT2D eigenvalue weighted by Gasteiger charge is 2.65. The van der Waals surface area contributed by atoms with Gasteiger partial charge in [0.1, 0.15) is 0 Å². The summed E-state index contributed by atoms with van der Waals surface area (Å²) in [4.78, 5) is 0. The average Bonchev–Trinajstić information content (AvgIpc) is 3.02. The summed E-state index contributed by atoms with van der Waals surface area (Å²) in [6.45, 7) is 17.2. The molecule has 0 spiro atoms. The number of rotatable bonds is 5. The monoisotopic (exact) mass is 442 g/mol. The molecule has 4 aliphatic carbocycles. The van der Waals surface area contributed by atoms with E-state index in [2.05, 4.69) is 53.7 Å². The molecule has 3 saturated carbocycles. The third-order valence-corrected chi connectivity index (χ3v) is 11.9. The summed E-state index contributed by atoms with van der Waals surface area (Å²) < 4.78 is 0. The quantitative estimate of drug-likeness (QED) is 0.438. The van der Waals surface area contributed by atoms with Gasteiger partial charge >= 0.3 is 0 Å². The summed E-state index contributed by atoms with van der Waals surface area (Å²) in [6, 6.07) is 0. The van der Waals surface area contributed by atoms with E-state index in [1.807, 2.05) is 12.5 Å². The van der Waals surface area contributed by atoms with E-state index in [0.29, 0.717) is 28.1 Å². The molecule has 0 aromatic heterocycles. The molecule has 8 atom stereocenters. The second-order valence-corrected chi connectivity index (χ2v) is 13.6. The van der Waals surface area contributed by atoms with Crippen LogP contribution in [-0.2, 0) is 0 Å². The highest BCUT2D eigenvalue weighted by molar-refractivity contribution is 5.33. The lowest BCUT2D eigenvalue weighted by Crippen LogP contribution is -2.58. The van der Waals surface area contributed by atoms with Gasteiger partial charge in [-0.2, -0.15) is 0 Å². The Bertz CT molecular complexity index is 778. The van der Waals surface area contributed by atoms with Crippen LogP contribution in [0.3, 0.4) is 0 Å². The van der Waals surface area contributed by atoms with Crippen molar-refractivity contribution in [1.29, 1.82) is 0 Å². The molecule has 4 rings (SSSR count). The Kier molecular flexibility index (Phi) is 6.33. The molecule has 0 saturated heterocycles. The lowest BCUT2D eigenvalue weighted by molar-refractivity contribution is -0.131. The lowest BCUT2D eigenvalue weighted by Gasteiger charge is -2.64. The fourth-order valence-electron chi connectivity index (χ4n) is 9.51. The zero-order valence-corrected chi connectivity index (χ0v) is 22.0. The molecule has 0 aliphatic heterocycles. The average molecular weight is 443 g/mol. The van der Waals surface area contributed by atoms with Crippen LogP contribution in [0.1, 0.15) is 106 Å². The molecule has 4 aliphatic rings. The van der Waals surface area contributed by atoms with Crippen molar-refractivity contribution < 1.29 is 10.2 Å². The SMILES string of the molecule is C/C(=C/CC[C@H](C)[C@@H]1CC[C@]2(C)C3=CC[C@H]4C(C)(C)[C@H](O)CC[C@]4(C)C3CC[C@@]12C)CO. The molecule has 0 heterocycles. The van der Waals surface area contributed by atoms with Gasteiger partial charge < -0.3 is 10.2 Å². The van der Waals surface area contributed by atoms with Crippen LogP contribution in [-0.4, -0.2) is 22.9 Å². The number of aliphatic hydroxyl groups is 2. The molecule has 0 radical (unpaired) electrons. The predicted octanol–water partition coefficient (Wildman–Crippen LogP) is 7.31. The number of hydrogen-bond donors (Lipinski definition) is 2. The zero-order chi connectivity index (χ0) is 23.5. The van der Waals surface area contributed by atoms with Crippen LogP contribution < -0.4 is 0 Å². The van der Waals surface area contributed by atoms with Crippen LogP contribution >= 0.6 is 0 Å². The molecule has 0 bridgehead atoms. The van der Waals surface area contributed by atoms with E-state index in [1.165, 1.54) is 38.5 Å². The zero-order valence-electron chi connectivity index (χ0n) is 22.0. The van der Waals surface area contributed by atoms with Crippen molar-refractivity contribution in [3.8, 4) is 0 Å². The van der Waals surface area contributed by atoms with Crippen molar-refractivity contribution in [3.63, 3.8) is 0 Å². The Morgan fingerprint density at radius 3 is 2.50 bits per heavy atom. The minimum Gasteiger partial charge on any atom is -0.393 e. The minimum atomic E-state index is -0.153. The highest BCUT2D eigenvalue weighted by Crippen LogP contribution is 2.73. The first kappa shape index (κ1) is 24.5. The first-order valence-corrected chi connectivity index (χ1v) is 13.6. The van der Waals surface area contributed by atoms with Gasteiger partial charge in [-0.05, 0) is 110 Å². The van der Waals surface area contributed by atoms with Crippen molar-refractivity contribution in [2.24, 2.45) is 45.3 Å². The molecule has 3 fully saturated rings. The van der Waals surface area contributed by atoms with Crippen LogP contribution in [0.4, 0.5) is 0 Å². The van der Waals surface area contributed by atoms with Gasteiger partial charge in [-0.1, -0.05) is 64.8 Å². The minimum absolute atomic E-state index is 0.0175. The molecule has 2 heteroatoms. The van der Waals surface area contributed by atoms with E-state index in [-0.39, 0.29) is 18.1 Å². The smallest absolute Gasteiger partial charge is 0.0639 e. The largest absolute Gasteiger partial charge is 0.393 e. The molecule has 2 N–H and O–H groups in total. The Labute approximate surface area is 198 Å². The van der Waals surface area contributed by atoms with Gasteiger partial charge in [0, 0.05) is 0 Å². The molecule has 2 nitrogen and oxygen atoms in total. The summed E-state index contributed by atoms with van der Waals surface area (Å²) in [5.41, 5.74) is 4.01. The Morgan fingerprint density at radius 1 is 1.09 bits per heavy atom. The van der Waals surface area contributed by atoms with Crippen molar-refractivity contribution in [3.05, 3.63) is 23.3 Å². The number of aliphatic hydroxyl groups excluding tert-OH is 2. The number of fused-ring (bicyclic) bond motifs is 5. The maximum absolute atomic E-state index is 10.8. The Morgan fingerprint density at radius 2 is 1.81 bits per heavy atom. The highest BCUT2D eigenvalue weighted by atomic mass is 16.3. The summed E-state index contributed by atoms with van der Waals surface area (Å²) in [7, 11) is 0. The van der Waals surface area contributed by atoms with E-state index < -0.39 is 0 Å². The summed E-state index contributed by atoms with van der Waals surface area (Å²) >= 11 is 0. The van der Waals surface area contributed by atoms with E-state index >= 15 is 0 Å². The molecule has 1 unspecified atom stereocenters. The number of allylic oxidation sites excluding steroid dienone is 3. The number of hydrogen-bond acceptors (Lipinski definition) is 2. The molecular weight excluding hydrogens is 392 g/mol. The summed E-state index contributed by atoms with van der Waals surface area (Å²) in [5.74, 6) is 2.83. The maximum Gasteiger partial charge on any atom is 0.0639 e. The third kappa shape index (κ3) is 3.41. The standard InChI is InChI=1S/C30H50O2/c1-20(19-31)9-8-10-21(2)22-13-17-30(7)24-11-12-25-27(3,4)26(32)15-16-28(25,5)23(24)14-18-29(22,30)6/h9,11,21-23,25-26,31-32H,8,10,12-19H2,1-7H3/b20-9-/t21-,22-,23?,25-,26+,28+,29-,30+/m0/s1. The van der Waals surface area contributed by atoms with Crippen LogP contribution in [0.5, 0.6) is 0 Å². The topological polar surface area (TPSA) is 40.5 Å². The van der Waals surface area contributed by atoms with Crippen LogP contribution in [0, 0.1) is 45.3 Å². The molecular formula is C30H50O2. The molecule has 182 valence electrons. The Hall–Kier alpha value is -0.600. The van der Waals surface area contributed by atoms with Gasteiger partial charge in [-0.3, -0.25) is 0 Å². The van der Waals surface area contributed by atoms with Crippen molar-refractivity contribution in [2.45, 2.75) is 112 Å². The van der Waals surface area contributed by atoms with Gasteiger partial charge in [0.2, 0.25) is 0 Å². The first-order chi connectivity index (χ1) is 14.9. The Balaban J connectivity index is 1.59. The van der Waals surface area contributed by atoms with Crippen LogP contribution in [0.15, 0.2) is 23.3 Å². The van der Waals surface area contributed by atoms with Gasteiger partial charge in [-0.15, -0.1) is 0 Å². The second-order valence-electron chi connectivity index (χ2n) is 13.6. The van der Waals surface area contributed by atoms with E-state index in [1.54, 1.807) is 0 Å².